The Hall–Kier alpha value is -2.28. The highest BCUT2D eigenvalue weighted by molar-refractivity contribution is 5.89. The molecule has 7 heteroatoms. The van der Waals surface area contributed by atoms with Crippen LogP contribution in [-0.4, -0.2) is 40.7 Å². The van der Waals surface area contributed by atoms with Crippen molar-refractivity contribution in [1.82, 2.24) is 4.90 Å². The Bertz CT molecular complexity index is 1100. The molecule has 4 nitrogen and oxygen atoms in total. The summed E-state index contributed by atoms with van der Waals surface area (Å²) in [7, 11) is 0. The summed E-state index contributed by atoms with van der Waals surface area (Å²) in [6.45, 7) is 2.91. The summed E-state index contributed by atoms with van der Waals surface area (Å²) >= 11 is 0. The fourth-order valence-electron chi connectivity index (χ4n) is 7.03. The third kappa shape index (κ3) is 5.76. The average molecular weight is 518 g/mol. The minimum atomic E-state index is -4.51. The number of benzene rings is 2. The molecule has 2 aliphatic heterocycles. The van der Waals surface area contributed by atoms with Crippen LogP contribution >= 0.6 is 0 Å². The first-order valence-corrected chi connectivity index (χ1v) is 14.0. The van der Waals surface area contributed by atoms with Crippen LogP contribution in [-0.2, 0) is 17.4 Å². The standard InChI is InChI=1S/C30H38F3NO3/c1-2-19-7-11-25(12-8-19)37-27-13-10-21-9-6-20(16-26(21)28(27)30(31,32)33)14-15-34-23-4-3-5-24(34)18-22(17-23)29(35)36/h6,9-10,13,16,19,22-25H,2-5,7-8,11-12,14-15,17-18H2,1H3,(H,35,36)/t19-,22?,23?,24?,25+. The van der Waals surface area contributed by atoms with Gasteiger partial charge in [-0.2, -0.15) is 13.2 Å². The van der Waals surface area contributed by atoms with Crippen LogP contribution in [0.2, 0.25) is 0 Å². The highest BCUT2D eigenvalue weighted by Crippen LogP contribution is 2.43. The van der Waals surface area contributed by atoms with E-state index in [2.05, 4.69) is 11.8 Å². The second-order valence-electron chi connectivity index (χ2n) is 11.4. The number of piperidine rings is 2. The van der Waals surface area contributed by atoms with Crippen molar-refractivity contribution in [3.8, 4) is 5.75 Å². The van der Waals surface area contributed by atoms with E-state index in [-0.39, 0.29) is 35.2 Å². The number of carboxylic acid groups (broad SMARTS) is 1. The van der Waals surface area contributed by atoms with Crippen LogP contribution in [0.5, 0.6) is 5.75 Å². The molecule has 0 amide bonds. The number of alkyl halides is 3. The van der Waals surface area contributed by atoms with Crippen LogP contribution in [0.25, 0.3) is 10.8 Å². The molecule has 2 heterocycles. The number of halogens is 3. The summed E-state index contributed by atoms with van der Waals surface area (Å²) in [5.74, 6) is -0.392. The Labute approximate surface area is 217 Å². The molecule has 202 valence electrons. The lowest BCUT2D eigenvalue weighted by molar-refractivity contribution is -0.146. The highest BCUT2D eigenvalue weighted by Gasteiger charge is 2.41. The lowest BCUT2D eigenvalue weighted by Crippen LogP contribution is -2.53. The lowest BCUT2D eigenvalue weighted by atomic mass is 9.78. The highest BCUT2D eigenvalue weighted by atomic mass is 19.4. The molecule has 2 saturated heterocycles. The molecular weight excluding hydrogens is 479 g/mol. The first-order chi connectivity index (χ1) is 17.7. The molecule has 2 unspecified atom stereocenters. The van der Waals surface area contributed by atoms with Gasteiger partial charge in [0.15, 0.2) is 0 Å². The molecule has 0 radical (unpaired) electrons. The summed E-state index contributed by atoms with van der Waals surface area (Å²) in [6.07, 6.45) is 5.14. The third-order valence-corrected chi connectivity index (χ3v) is 9.13. The fourth-order valence-corrected chi connectivity index (χ4v) is 7.03. The Morgan fingerprint density at radius 2 is 1.70 bits per heavy atom. The number of hydrogen-bond acceptors (Lipinski definition) is 3. The maximum atomic E-state index is 14.4. The summed E-state index contributed by atoms with van der Waals surface area (Å²) in [4.78, 5) is 14.0. The van der Waals surface area contributed by atoms with Crippen LogP contribution in [0.4, 0.5) is 13.2 Å². The van der Waals surface area contributed by atoms with Crippen LogP contribution in [0.15, 0.2) is 30.3 Å². The Morgan fingerprint density at radius 3 is 2.32 bits per heavy atom. The number of hydrogen-bond donors (Lipinski definition) is 1. The molecule has 3 aliphatic rings. The Balaban J connectivity index is 1.35. The number of aliphatic carboxylic acids is 1. The SMILES string of the molecule is CC[C@H]1CC[C@@H](Oc2ccc3ccc(CCN4C5CCCC4CC(C(=O)O)C5)cc3c2C(F)(F)F)CC1. The van der Waals surface area contributed by atoms with Crippen molar-refractivity contribution in [1.29, 1.82) is 0 Å². The molecule has 1 saturated carbocycles. The number of rotatable bonds is 7. The topological polar surface area (TPSA) is 49.8 Å². The average Bonchev–Trinajstić information content (AvgIpc) is 2.86. The zero-order chi connectivity index (χ0) is 26.2. The van der Waals surface area contributed by atoms with E-state index in [1.54, 1.807) is 18.2 Å². The number of carboxylic acids is 1. The largest absolute Gasteiger partial charge is 0.490 e. The minimum Gasteiger partial charge on any atom is -0.490 e. The molecule has 5 rings (SSSR count). The molecule has 0 aromatic heterocycles. The van der Waals surface area contributed by atoms with Crippen LogP contribution in [0.3, 0.4) is 0 Å². The van der Waals surface area contributed by atoms with Gasteiger partial charge in [0.25, 0.3) is 0 Å². The predicted molar refractivity (Wildman–Crippen MR) is 138 cm³/mol. The second-order valence-corrected chi connectivity index (χ2v) is 11.4. The van der Waals surface area contributed by atoms with Gasteiger partial charge in [-0.15, -0.1) is 0 Å². The van der Waals surface area contributed by atoms with E-state index in [0.29, 0.717) is 30.6 Å². The van der Waals surface area contributed by atoms with Crippen molar-refractivity contribution in [2.75, 3.05) is 6.54 Å². The molecule has 0 spiro atoms. The van der Waals surface area contributed by atoms with Gasteiger partial charge in [-0.1, -0.05) is 44.0 Å². The molecular formula is C30H38F3NO3. The van der Waals surface area contributed by atoms with Gasteiger partial charge < -0.3 is 9.84 Å². The van der Waals surface area contributed by atoms with E-state index in [1.807, 2.05) is 6.07 Å². The molecule has 37 heavy (non-hydrogen) atoms. The van der Waals surface area contributed by atoms with E-state index in [4.69, 9.17) is 4.74 Å². The van der Waals surface area contributed by atoms with Gasteiger partial charge in [0.2, 0.25) is 0 Å². The predicted octanol–water partition coefficient (Wildman–Crippen LogP) is 7.47. The van der Waals surface area contributed by atoms with Crippen molar-refractivity contribution in [2.24, 2.45) is 11.8 Å². The lowest BCUT2D eigenvalue weighted by Gasteiger charge is -2.48. The van der Waals surface area contributed by atoms with Crippen molar-refractivity contribution in [2.45, 2.75) is 102 Å². The van der Waals surface area contributed by atoms with Crippen LogP contribution in [0.1, 0.15) is 82.3 Å². The van der Waals surface area contributed by atoms with Gasteiger partial charge in [0, 0.05) is 18.6 Å². The Morgan fingerprint density at radius 1 is 1.03 bits per heavy atom. The monoisotopic (exact) mass is 517 g/mol. The van der Waals surface area contributed by atoms with E-state index in [1.165, 1.54) is 6.07 Å². The van der Waals surface area contributed by atoms with Crippen molar-refractivity contribution < 1.29 is 27.8 Å². The van der Waals surface area contributed by atoms with Crippen LogP contribution in [0, 0.1) is 11.8 Å². The van der Waals surface area contributed by atoms with E-state index >= 15 is 0 Å². The summed E-state index contributed by atoms with van der Waals surface area (Å²) in [5, 5.41) is 10.3. The molecule has 2 aromatic rings. The molecule has 1 aliphatic carbocycles. The zero-order valence-electron chi connectivity index (χ0n) is 21.6. The maximum Gasteiger partial charge on any atom is 0.420 e. The Kier molecular flexibility index (Phi) is 7.71. The van der Waals surface area contributed by atoms with Crippen LogP contribution < -0.4 is 4.74 Å². The minimum absolute atomic E-state index is 0.0534. The van der Waals surface area contributed by atoms with Gasteiger partial charge in [-0.3, -0.25) is 9.69 Å². The number of carbonyl (C=O) groups is 1. The van der Waals surface area contributed by atoms with Crippen molar-refractivity contribution >= 4 is 16.7 Å². The van der Waals surface area contributed by atoms with E-state index in [0.717, 1.165) is 63.5 Å². The quantitative estimate of drug-likeness (QED) is 0.414. The third-order valence-electron chi connectivity index (χ3n) is 9.13. The van der Waals surface area contributed by atoms with E-state index < -0.39 is 17.7 Å². The molecule has 2 aromatic carbocycles. The summed E-state index contributed by atoms with van der Waals surface area (Å²) in [5.41, 5.74) is 0.209. The fraction of sp³-hybridized carbons (Fsp3) is 0.633. The van der Waals surface area contributed by atoms with Crippen molar-refractivity contribution in [3.05, 3.63) is 41.5 Å². The second kappa shape index (κ2) is 10.8. The molecule has 2 atom stereocenters. The zero-order valence-corrected chi connectivity index (χ0v) is 21.6. The summed E-state index contributed by atoms with van der Waals surface area (Å²) in [6, 6.07) is 9.14. The molecule has 2 bridgehead atoms. The molecule has 1 N–H and O–H groups in total. The number of ether oxygens (including phenoxy) is 1. The smallest absolute Gasteiger partial charge is 0.420 e. The maximum absolute atomic E-state index is 14.4. The van der Waals surface area contributed by atoms with Crippen molar-refractivity contribution in [3.63, 3.8) is 0 Å². The molecule has 3 fully saturated rings. The number of fused-ring (bicyclic) bond motifs is 3. The normalized spacial score (nSPS) is 28.8. The van der Waals surface area contributed by atoms with Gasteiger partial charge in [0.1, 0.15) is 11.3 Å². The van der Waals surface area contributed by atoms with Gasteiger partial charge in [-0.25, -0.2) is 0 Å². The van der Waals surface area contributed by atoms with E-state index in [9.17, 15) is 23.1 Å². The number of nitrogens with zero attached hydrogens (tertiary/aromatic N) is 1. The van der Waals surface area contributed by atoms with Gasteiger partial charge in [-0.05, 0) is 86.1 Å². The first-order valence-electron chi connectivity index (χ1n) is 14.0. The first kappa shape index (κ1) is 26.3. The van der Waals surface area contributed by atoms with Gasteiger partial charge in [0.05, 0.1) is 12.0 Å². The van der Waals surface area contributed by atoms with Gasteiger partial charge >= 0.3 is 12.1 Å². The summed E-state index contributed by atoms with van der Waals surface area (Å²) < 4.78 is 49.1.